The average Bonchev–Trinajstić information content (AvgIpc) is 2.23. The quantitative estimate of drug-likeness (QED) is 0.599. The zero-order valence-electron chi connectivity index (χ0n) is 9.01. The number of likely N-dealkylation sites (N-methyl/N-ethyl adjacent to an activating group) is 2. The van der Waals surface area contributed by atoms with Crippen LogP contribution in [0.15, 0.2) is 28.7 Å². The molecule has 0 saturated heterocycles. The standard InChI is InChI=1S/C10H16N4O/c1-13-5-7(6-15)12-10-8(13)3-4-9(11)14(10)2/h3-4,9,15H,5-6,11H2,1-2H3. The Morgan fingerprint density at radius 2 is 2.33 bits per heavy atom. The highest BCUT2D eigenvalue weighted by Gasteiger charge is 2.25. The van der Waals surface area contributed by atoms with E-state index in [1.165, 1.54) is 0 Å². The second-order valence-electron chi connectivity index (χ2n) is 3.86. The largest absolute Gasteiger partial charge is 0.390 e. The van der Waals surface area contributed by atoms with Crippen molar-refractivity contribution in [3.05, 3.63) is 23.7 Å². The van der Waals surface area contributed by atoms with Crippen LogP contribution < -0.4 is 5.73 Å². The van der Waals surface area contributed by atoms with E-state index in [1.807, 2.05) is 31.1 Å². The van der Waals surface area contributed by atoms with Gasteiger partial charge in [0, 0.05) is 14.1 Å². The van der Waals surface area contributed by atoms with Crippen LogP contribution in [-0.4, -0.2) is 54.0 Å². The Kier molecular flexibility index (Phi) is 2.50. The molecule has 2 aliphatic heterocycles. The van der Waals surface area contributed by atoms with Gasteiger partial charge in [-0.15, -0.1) is 0 Å². The summed E-state index contributed by atoms with van der Waals surface area (Å²) in [6, 6.07) is 0. The molecule has 1 unspecified atom stereocenters. The molecule has 5 heteroatoms. The molecule has 3 N–H and O–H groups in total. The lowest BCUT2D eigenvalue weighted by Gasteiger charge is -2.36. The van der Waals surface area contributed by atoms with Crippen LogP contribution in [0.3, 0.4) is 0 Å². The zero-order chi connectivity index (χ0) is 11.0. The van der Waals surface area contributed by atoms with Crippen molar-refractivity contribution in [2.45, 2.75) is 6.17 Å². The number of hydrogen-bond acceptors (Lipinski definition) is 5. The molecule has 0 bridgehead atoms. The van der Waals surface area contributed by atoms with Gasteiger partial charge in [0.05, 0.1) is 30.7 Å². The van der Waals surface area contributed by atoms with Gasteiger partial charge < -0.3 is 20.6 Å². The number of aliphatic hydroxyl groups excluding tert-OH is 1. The molecule has 0 aromatic rings. The lowest BCUT2D eigenvalue weighted by atomic mass is 10.2. The lowest BCUT2D eigenvalue weighted by Crippen LogP contribution is -2.43. The summed E-state index contributed by atoms with van der Waals surface area (Å²) in [4.78, 5) is 8.37. The summed E-state index contributed by atoms with van der Waals surface area (Å²) in [5, 5.41) is 9.10. The van der Waals surface area contributed by atoms with Crippen molar-refractivity contribution >= 4 is 5.71 Å². The highest BCUT2D eigenvalue weighted by molar-refractivity contribution is 5.89. The van der Waals surface area contributed by atoms with Gasteiger partial charge in [-0.1, -0.05) is 0 Å². The molecule has 0 aromatic carbocycles. The second kappa shape index (κ2) is 3.67. The average molecular weight is 208 g/mol. The minimum absolute atomic E-state index is 0.00604. The molecular formula is C10H16N4O. The molecule has 0 saturated carbocycles. The molecule has 0 spiro atoms. The van der Waals surface area contributed by atoms with Gasteiger partial charge in [-0.05, 0) is 12.2 Å². The number of nitrogens with two attached hydrogens (primary N) is 1. The fourth-order valence-electron chi connectivity index (χ4n) is 1.78. The predicted molar refractivity (Wildman–Crippen MR) is 59.1 cm³/mol. The third-order valence-corrected chi connectivity index (χ3v) is 2.74. The zero-order valence-corrected chi connectivity index (χ0v) is 9.01. The first-order valence-electron chi connectivity index (χ1n) is 4.93. The van der Waals surface area contributed by atoms with Crippen LogP contribution in [-0.2, 0) is 0 Å². The number of rotatable bonds is 1. The van der Waals surface area contributed by atoms with Crippen LogP contribution in [0, 0.1) is 0 Å². The highest BCUT2D eigenvalue weighted by atomic mass is 16.3. The smallest absolute Gasteiger partial charge is 0.153 e. The molecule has 0 amide bonds. The van der Waals surface area contributed by atoms with Crippen molar-refractivity contribution < 1.29 is 5.11 Å². The molecular weight excluding hydrogens is 192 g/mol. The topological polar surface area (TPSA) is 65.1 Å². The summed E-state index contributed by atoms with van der Waals surface area (Å²) < 4.78 is 0. The molecule has 2 aliphatic rings. The van der Waals surface area contributed by atoms with Crippen molar-refractivity contribution in [3.63, 3.8) is 0 Å². The van der Waals surface area contributed by atoms with Gasteiger partial charge in [0.15, 0.2) is 5.82 Å². The fraction of sp³-hybridized carbons (Fsp3) is 0.500. The summed E-state index contributed by atoms with van der Waals surface area (Å²) in [7, 11) is 3.88. The molecule has 0 aromatic heterocycles. The van der Waals surface area contributed by atoms with E-state index >= 15 is 0 Å². The third kappa shape index (κ3) is 1.64. The molecule has 82 valence electrons. The van der Waals surface area contributed by atoms with Crippen molar-refractivity contribution in [2.24, 2.45) is 10.7 Å². The normalized spacial score (nSPS) is 25.6. The summed E-state index contributed by atoms with van der Waals surface area (Å²) in [6.07, 6.45) is 3.78. The third-order valence-electron chi connectivity index (χ3n) is 2.74. The van der Waals surface area contributed by atoms with Crippen molar-refractivity contribution in [3.8, 4) is 0 Å². The van der Waals surface area contributed by atoms with Gasteiger partial charge in [0.2, 0.25) is 0 Å². The first-order chi connectivity index (χ1) is 7.13. The van der Waals surface area contributed by atoms with Crippen LogP contribution in [0.2, 0.25) is 0 Å². The fourth-order valence-corrected chi connectivity index (χ4v) is 1.78. The van der Waals surface area contributed by atoms with Crippen LogP contribution in [0.4, 0.5) is 0 Å². The molecule has 0 fully saturated rings. The molecule has 2 rings (SSSR count). The minimum Gasteiger partial charge on any atom is -0.390 e. The van der Waals surface area contributed by atoms with Gasteiger partial charge in [-0.2, -0.15) is 0 Å². The van der Waals surface area contributed by atoms with E-state index in [0.717, 1.165) is 17.2 Å². The number of nitrogens with zero attached hydrogens (tertiary/aromatic N) is 3. The molecule has 15 heavy (non-hydrogen) atoms. The van der Waals surface area contributed by atoms with Gasteiger partial charge in [-0.25, -0.2) is 4.99 Å². The van der Waals surface area contributed by atoms with Crippen molar-refractivity contribution in [2.75, 3.05) is 27.2 Å². The first-order valence-corrected chi connectivity index (χ1v) is 4.93. The van der Waals surface area contributed by atoms with Gasteiger partial charge in [0.25, 0.3) is 0 Å². The molecule has 2 heterocycles. The van der Waals surface area contributed by atoms with Gasteiger partial charge in [0.1, 0.15) is 0 Å². The van der Waals surface area contributed by atoms with E-state index in [-0.39, 0.29) is 12.8 Å². The van der Waals surface area contributed by atoms with E-state index in [4.69, 9.17) is 10.8 Å². The van der Waals surface area contributed by atoms with Crippen molar-refractivity contribution in [1.29, 1.82) is 0 Å². The van der Waals surface area contributed by atoms with Gasteiger partial charge >= 0.3 is 0 Å². The Morgan fingerprint density at radius 1 is 1.60 bits per heavy atom. The lowest BCUT2D eigenvalue weighted by molar-refractivity contribution is 0.309. The van der Waals surface area contributed by atoms with E-state index in [0.29, 0.717) is 6.54 Å². The van der Waals surface area contributed by atoms with Crippen LogP contribution in [0.5, 0.6) is 0 Å². The maximum atomic E-state index is 9.10. The Hall–Kier alpha value is -1.33. The van der Waals surface area contributed by atoms with Crippen LogP contribution in [0.25, 0.3) is 0 Å². The molecule has 0 radical (unpaired) electrons. The maximum absolute atomic E-state index is 9.10. The number of allylic oxidation sites excluding steroid dienone is 1. The number of hydrogen-bond donors (Lipinski definition) is 2. The molecule has 0 aliphatic carbocycles. The number of aliphatic hydroxyl groups is 1. The summed E-state index contributed by atoms with van der Waals surface area (Å²) in [6.45, 7) is 0.663. The highest BCUT2D eigenvalue weighted by Crippen LogP contribution is 2.24. The van der Waals surface area contributed by atoms with Crippen LogP contribution >= 0.6 is 0 Å². The summed E-state index contributed by atoms with van der Waals surface area (Å²) in [5.74, 6) is 0.836. The Labute approximate surface area is 89.2 Å². The van der Waals surface area contributed by atoms with E-state index in [9.17, 15) is 0 Å². The molecule has 5 nitrogen and oxygen atoms in total. The number of aliphatic imine (C=N–C) groups is 1. The summed E-state index contributed by atoms with van der Waals surface area (Å²) >= 11 is 0. The minimum atomic E-state index is -0.140. The van der Waals surface area contributed by atoms with E-state index in [1.54, 1.807) is 0 Å². The van der Waals surface area contributed by atoms with Gasteiger partial charge in [-0.3, -0.25) is 0 Å². The first kappa shape index (κ1) is 10.2. The second-order valence-corrected chi connectivity index (χ2v) is 3.86. The summed E-state index contributed by atoms with van der Waals surface area (Å²) in [5.41, 5.74) is 7.69. The SMILES string of the molecule is CN1CC(CO)=NC2=C1C=CC(N)N2C. The maximum Gasteiger partial charge on any atom is 0.153 e. The Morgan fingerprint density at radius 3 is 3.00 bits per heavy atom. The van der Waals surface area contributed by atoms with E-state index in [2.05, 4.69) is 9.89 Å². The molecule has 1 atom stereocenters. The van der Waals surface area contributed by atoms with E-state index < -0.39 is 0 Å². The van der Waals surface area contributed by atoms with Crippen LogP contribution in [0.1, 0.15) is 0 Å². The predicted octanol–water partition coefficient (Wildman–Crippen LogP) is -0.679. The Balaban J connectivity index is 2.40. The van der Waals surface area contributed by atoms with Crippen molar-refractivity contribution in [1.82, 2.24) is 9.80 Å². The monoisotopic (exact) mass is 208 g/mol. The Bertz CT molecular complexity index is 358.